The van der Waals surface area contributed by atoms with Crippen LogP contribution >= 0.6 is 0 Å². The van der Waals surface area contributed by atoms with E-state index in [2.05, 4.69) is 4.98 Å². The highest BCUT2D eigenvalue weighted by molar-refractivity contribution is 5.36. The minimum Gasteiger partial charge on any atom is -0.477 e. The number of nitro groups is 1. The molecule has 2 atom stereocenters. The first kappa shape index (κ1) is 14.7. The molecule has 6 heteroatoms. The van der Waals surface area contributed by atoms with Crippen molar-refractivity contribution in [3.05, 3.63) is 27.9 Å². The van der Waals surface area contributed by atoms with Gasteiger partial charge in [0.15, 0.2) is 0 Å². The molecule has 2 rings (SSSR count). The van der Waals surface area contributed by atoms with Crippen molar-refractivity contribution >= 4 is 5.69 Å². The first-order valence-corrected chi connectivity index (χ1v) is 7.06. The Kier molecular flexibility index (Phi) is 4.89. The first-order chi connectivity index (χ1) is 9.61. The van der Waals surface area contributed by atoms with Crippen molar-refractivity contribution in [2.24, 2.45) is 17.6 Å². The highest BCUT2D eigenvalue weighted by atomic mass is 16.6. The summed E-state index contributed by atoms with van der Waals surface area (Å²) in [6.07, 6.45) is 4.76. The number of rotatable bonds is 5. The summed E-state index contributed by atoms with van der Waals surface area (Å²) in [7, 11) is 0. The van der Waals surface area contributed by atoms with E-state index in [0.717, 1.165) is 12.8 Å². The fraction of sp³-hybridized carbons (Fsp3) is 0.643. The summed E-state index contributed by atoms with van der Waals surface area (Å²) in [5.41, 5.74) is 6.20. The average molecular weight is 279 g/mol. The number of pyridine rings is 1. The molecule has 0 bridgehead atoms. The molecule has 0 radical (unpaired) electrons. The van der Waals surface area contributed by atoms with E-state index in [9.17, 15) is 10.1 Å². The summed E-state index contributed by atoms with van der Waals surface area (Å²) >= 11 is 0. The van der Waals surface area contributed by atoms with Gasteiger partial charge >= 0.3 is 0 Å². The van der Waals surface area contributed by atoms with Crippen molar-refractivity contribution in [1.82, 2.24) is 4.98 Å². The van der Waals surface area contributed by atoms with Gasteiger partial charge in [-0.1, -0.05) is 12.8 Å². The lowest BCUT2D eigenvalue weighted by atomic mass is 9.80. The maximum absolute atomic E-state index is 10.7. The molecular weight excluding hydrogens is 258 g/mol. The van der Waals surface area contributed by atoms with E-state index in [1.54, 1.807) is 13.0 Å². The minimum atomic E-state index is -0.433. The first-order valence-electron chi connectivity index (χ1n) is 7.06. The molecule has 0 amide bonds. The van der Waals surface area contributed by atoms with Crippen molar-refractivity contribution in [2.45, 2.75) is 32.6 Å². The number of hydrogen-bond donors (Lipinski definition) is 1. The summed E-state index contributed by atoms with van der Waals surface area (Å²) in [5.74, 6) is 1.43. The zero-order chi connectivity index (χ0) is 14.5. The van der Waals surface area contributed by atoms with Gasteiger partial charge in [-0.25, -0.2) is 4.98 Å². The summed E-state index contributed by atoms with van der Waals surface area (Å²) in [6.45, 7) is 2.90. The SMILES string of the molecule is Cc1nc(OCC2CCCCC2CN)ccc1[N+](=O)[O-]. The molecule has 1 heterocycles. The molecule has 2 unspecified atom stereocenters. The van der Waals surface area contributed by atoms with Crippen LogP contribution in [-0.4, -0.2) is 23.1 Å². The summed E-state index contributed by atoms with van der Waals surface area (Å²) < 4.78 is 5.70. The van der Waals surface area contributed by atoms with Crippen molar-refractivity contribution < 1.29 is 9.66 Å². The normalized spacial score (nSPS) is 22.5. The lowest BCUT2D eigenvalue weighted by molar-refractivity contribution is -0.385. The van der Waals surface area contributed by atoms with E-state index in [4.69, 9.17) is 10.5 Å². The molecule has 1 aromatic rings. The zero-order valence-electron chi connectivity index (χ0n) is 11.7. The standard InChI is InChI=1S/C14H21N3O3/c1-10-13(17(18)19)6-7-14(16-10)20-9-12-5-3-2-4-11(12)8-15/h6-7,11-12H,2-5,8-9,15H2,1H3. The van der Waals surface area contributed by atoms with Crippen LogP contribution in [0.2, 0.25) is 0 Å². The number of ether oxygens (including phenoxy) is 1. The molecule has 0 spiro atoms. The highest BCUT2D eigenvalue weighted by Gasteiger charge is 2.24. The van der Waals surface area contributed by atoms with Crippen LogP contribution in [-0.2, 0) is 0 Å². The Morgan fingerprint density at radius 3 is 2.70 bits per heavy atom. The van der Waals surface area contributed by atoms with Gasteiger partial charge in [0, 0.05) is 12.1 Å². The Balaban J connectivity index is 1.96. The number of hydrogen-bond acceptors (Lipinski definition) is 5. The molecule has 1 aliphatic carbocycles. The maximum atomic E-state index is 10.7. The Morgan fingerprint density at radius 2 is 2.10 bits per heavy atom. The van der Waals surface area contributed by atoms with Crippen molar-refractivity contribution in [1.29, 1.82) is 0 Å². The molecule has 1 aromatic heterocycles. The average Bonchev–Trinajstić information content (AvgIpc) is 2.45. The summed E-state index contributed by atoms with van der Waals surface area (Å²) in [5, 5.41) is 10.7. The second kappa shape index (κ2) is 6.65. The molecule has 6 nitrogen and oxygen atoms in total. The van der Waals surface area contributed by atoms with Crippen molar-refractivity contribution in [3.8, 4) is 5.88 Å². The van der Waals surface area contributed by atoms with Crippen molar-refractivity contribution in [2.75, 3.05) is 13.2 Å². The number of aryl methyl sites for hydroxylation is 1. The van der Waals surface area contributed by atoms with Gasteiger partial charge < -0.3 is 10.5 Å². The fourth-order valence-electron chi connectivity index (χ4n) is 2.81. The van der Waals surface area contributed by atoms with E-state index in [1.165, 1.54) is 18.9 Å². The predicted octanol–water partition coefficient (Wildman–Crippen LogP) is 2.44. The number of nitrogens with zero attached hydrogens (tertiary/aromatic N) is 2. The largest absolute Gasteiger partial charge is 0.477 e. The number of aromatic nitrogens is 1. The molecule has 1 fully saturated rings. The van der Waals surface area contributed by atoms with Crippen LogP contribution in [0.3, 0.4) is 0 Å². The van der Waals surface area contributed by atoms with Gasteiger partial charge in [-0.2, -0.15) is 0 Å². The monoisotopic (exact) mass is 279 g/mol. The number of nitrogens with two attached hydrogens (primary N) is 1. The van der Waals surface area contributed by atoms with E-state index in [1.807, 2.05) is 0 Å². The van der Waals surface area contributed by atoms with E-state index in [0.29, 0.717) is 36.6 Å². The Hall–Kier alpha value is -1.69. The lowest BCUT2D eigenvalue weighted by Crippen LogP contribution is -2.30. The van der Waals surface area contributed by atoms with E-state index >= 15 is 0 Å². The topological polar surface area (TPSA) is 91.3 Å². The van der Waals surface area contributed by atoms with Crippen LogP contribution < -0.4 is 10.5 Å². The Labute approximate surface area is 118 Å². The molecule has 0 saturated heterocycles. The molecule has 20 heavy (non-hydrogen) atoms. The van der Waals surface area contributed by atoms with Crippen LogP contribution in [0.4, 0.5) is 5.69 Å². The molecule has 2 N–H and O–H groups in total. The van der Waals surface area contributed by atoms with Crippen LogP contribution in [0.25, 0.3) is 0 Å². The second-order valence-electron chi connectivity index (χ2n) is 5.36. The molecule has 0 aliphatic heterocycles. The third-order valence-corrected chi connectivity index (χ3v) is 4.04. The molecular formula is C14H21N3O3. The Bertz CT molecular complexity index is 479. The maximum Gasteiger partial charge on any atom is 0.290 e. The molecule has 1 aliphatic rings. The van der Waals surface area contributed by atoms with Gasteiger partial charge in [0.05, 0.1) is 11.5 Å². The van der Waals surface area contributed by atoms with Crippen LogP contribution in [0.1, 0.15) is 31.4 Å². The minimum absolute atomic E-state index is 0.0230. The highest BCUT2D eigenvalue weighted by Crippen LogP contribution is 2.30. The molecule has 1 saturated carbocycles. The van der Waals surface area contributed by atoms with Gasteiger partial charge in [-0.05, 0) is 38.1 Å². The third-order valence-electron chi connectivity index (χ3n) is 4.04. The van der Waals surface area contributed by atoms with Gasteiger partial charge in [0.25, 0.3) is 5.69 Å². The second-order valence-corrected chi connectivity index (χ2v) is 5.36. The summed E-state index contributed by atoms with van der Waals surface area (Å²) in [4.78, 5) is 14.4. The predicted molar refractivity (Wildman–Crippen MR) is 75.6 cm³/mol. The van der Waals surface area contributed by atoms with Gasteiger partial charge in [0.2, 0.25) is 5.88 Å². The quantitative estimate of drug-likeness (QED) is 0.660. The Morgan fingerprint density at radius 1 is 1.40 bits per heavy atom. The van der Waals surface area contributed by atoms with Crippen LogP contribution in [0.15, 0.2) is 12.1 Å². The summed E-state index contributed by atoms with van der Waals surface area (Å²) in [6, 6.07) is 3.00. The van der Waals surface area contributed by atoms with Crippen LogP contribution in [0, 0.1) is 28.9 Å². The van der Waals surface area contributed by atoms with Gasteiger partial charge in [-0.15, -0.1) is 0 Å². The van der Waals surface area contributed by atoms with E-state index in [-0.39, 0.29) is 5.69 Å². The van der Waals surface area contributed by atoms with E-state index < -0.39 is 4.92 Å². The van der Waals surface area contributed by atoms with Crippen LogP contribution in [0.5, 0.6) is 5.88 Å². The molecule has 0 aromatic carbocycles. The lowest BCUT2D eigenvalue weighted by Gasteiger charge is -2.30. The van der Waals surface area contributed by atoms with Gasteiger partial charge in [-0.3, -0.25) is 10.1 Å². The fourth-order valence-corrected chi connectivity index (χ4v) is 2.81. The van der Waals surface area contributed by atoms with Crippen molar-refractivity contribution in [3.63, 3.8) is 0 Å². The zero-order valence-corrected chi connectivity index (χ0v) is 11.7. The molecule has 110 valence electrons. The smallest absolute Gasteiger partial charge is 0.290 e. The van der Waals surface area contributed by atoms with Gasteiger partial charge in [0.1, 0.15) is 5.69 Å². The third kappa shape index (κ3) is 3.45.